The third-order valence-corrected chi connectivity index (χ3v) is 10.5. The number of anilines is 1. The van der Waals surface area contributed by atoms with Crippen LogP contribution < -0.4 is 15.1 Å². The number of carbonyl (C=O) groups excluding carboxylic acids is 1. The minimum Gasteiger partial charge on any atom is -0.490 e. The van der Waals surface area contributed by atoms with E-state index in [0.29, 0.717) is 26.2 Å². The molecule has 0 saturated carbocycles. The van der Waals surface area contributed by atoms with Crippen LogP contribution in [0.1, 0.15) is 86.6 Å². The number of pyridine rings is 1. The molecule has 260 valence electrons. The monoisotopic (exact) mass is 661 g/mol. The molecule has 0 amide bonds. The molecule has 3 aliphatic rings. The first-order chi connectivity index (χ1) is 22.5. The van der Waals surface area contributed by atoms with Crippen LogP contribution in [0.15, 0.2) is 24.4 Å². The number of carbonyl (C=O) groups is 1. The summed E-state index contributed by atoms with van der Waals surface area (Å²) in [4.78, 5) is 19.4. The van der Waals surface area contributed by atoms with E-state index in [0.717, 1.165) is 56.9 Å². The number of hydrogen-bond donors (Lipinski definition) is 0. The van der Waals surface area contributed by atoms with Crippen molar-refractivity contribution >= 4 is 35.1 Å². The zero-order valence-electron chi connectivity index (χ0n) is 30.6. The van der Waals surface area contributed by atoms with Crippen molar-refractivity contribution in [1.82, 2.24) is 9.55 Å². The fraction of sp³-hybridized carbons (Fsp3) is 0.622. The molecule has 6 rings (SSSR count). The van der Waals surface area contributed by atoms with E-state index in [1.807, 2.05) is 13.1 Å². The van der Waals surface area contributed by atoms with E-state index in [-0.39, 0.29) is 36.2 Å². The highest BCUT2D eigenvalue weighted by Gasteiger charge is 2.52. The lowest BCUT2D eigenvalue weighted by atomic mass is 9.77. The molecule has 0 spiro atoms. The van der Waals surface area contributed by atoms with Crippen LogP contribution in [0.5, 0.6) is 5.75 Å². The summed E-state index contributed by atoms with van der Waals surface area (Å²) >= 11 is 0. The number of ether oxygens (including phenoxy) is 4. The smallest absolute Gasteiger partial charge is 0.490 e. The summed E-state index contributed by atoms with van der Waals surface area (Å²) in [5.41, 5.74) is 5.76. The number of aromatic nitrogens is 2. The Morgan fingerprint density at radius 2 is 1.85 bits per heavy atom. The van der Waals surface area contributed by atoms with Crippen molar-refractivity contribution in [2.75, 3.05) is 38.4 Å². The molecule has 0 radical (unpaired) electrons. The molecule has 0 aliphatic carbocycles. The van der Waals surface area contributed by atoms with Crippen molar-refractivity contribution in [3.8, 4) is 17.0 Å². The number of benzene rings is 1. The van der Waals surface area contributed by atoms with Crippen LogP contribution in [0.25, 0.3) is 22.2 Å². The maximum Gasteiger partial charge on any atom is 0.494 e. The van der Waals surface area contributed by atoms with Crippen molar-refractivity contribution in [2.24, 2.45) is 5.41 Å². The Morgan fingerprint density at radius 3 is 2.52 bits per heavy atom. The molecule has 1 aromatic carbocycles. The molecular weight excluding hydrogens is 609 g/mol. The van der Waals surface area contributed by atoms with Crippen molar-refractivity contribution in [3.05, 3.63) is 35.7 Å². The van der Waals surface area contributed by atoms with Crippen LogP contribution in [0.3, 0.4) is 0 Å². The first kappa shape index (κ1) is 34.7. The average Bonchev–Trinajstić information content (AvgIpc) is 3.45. The van der Waals surface area contributed by atoms with Gasteiger partial charge in [-0.15, -0.1) is 0 Å². The zero-order chi connectivity index (χ0) is 34.8. The second-order valence-electron chi connectivity index (χ2n) is 15.6. The molecule has 48 heavy (non-hydrogen) atoms. The third kappa shape index (κ3) is 6.35. The van der Waals surface area contributed by atoms with E-state index in [4.69, 9.17) is 33.2 Å². The van der Waals surface area contributed by atoms with Gasteiger partial charge in [-0.25, -0.2) is 0 Å². The van der Waals surface area contributed by atoms with Gasteiger partial charge in [0.05, 0.1) is 72.0 Å². The molecule has 0 unspecified atom stereocenters. The molecular formula is C37H52BN3O7. The van der Waals surface area contributed by atoms with Crippen LogP contribution >= 0.6 is 0 Å². The lowest BCUT2D eigenvalue weighted by Crippen LogP contribution is -2.47. The Hall–Kier alpha value is -3.12. The lowest BCUT2D eigenvalue weighted by molar-refractivity contribution is -0.143. The van der Waals surface area contributed by atoms with Gasteiger partial charge in [0.1, 0.15) is 12.4 Å². The summed E-state index contributed by atoms with van der Waals surface area (Å²) in [7, 11) is 1.18. The van der Waals surface area contributed by atoms with Gasteiger partial charge in [-0.2, -0.15) is 0 Å². The van der Waals surface area contributed by atoms with Crippen molar-refractivity contribution < 1.29 is 33.1 Å². The lowest BCUT2D eigenvalue weighted by Gasteiger charge is -2.38. The fourth-order valence-corrected chi connectivity index (χ4v) is 7.06. The maximum atomic E-state index is 11.9. The number of methoxy groups -OCH3 is 1. The molecule has 11 heteroatoms. The number of esters is 1. The maximum absolute atomic E-state index is 11.9. The first-order valence-corrected chi connectivity index (χ1v) is 17.2. The molecule has 2 fully saturated rings. The summed E-state index contributed by atoms with van der Waals surface area (Å²) in [5, 5.41) is 1.07. The second-order valence-corrected chi connectivity index (χ2v) is 15.6. The molecule has 2 saturated heterocycles. The number of morpholine rings is 1. The Labute approximate surface area is 285 Å². The largest absolute Gasteiger partial charge is 0.494 e. The standard InChI is InChI=1S/C37H52BN3O7/c1-22-20-45-23(2)19-41(22)27-16-29(32(39-18-27)24(3)43-11)33-30(17-35(5,6)21-46-25(4)42)28-14-26(15-31-34(28)40(33)12-13-44-31)38-47-36(7,8)37(9,10)48-38/h14-16,18,22-24H,12-13,17,19-21H2,1-11H3/t22-,23+,24+/m1/s1. The highest BCUT2D eigenvalue weighted by Crippen LogP contribution is 2.46. The Morgan fingerprint density at radius 1 is 1.15 bits per heavy atom. The van der Waals surface area contributed by atoms with Gasteiger partial charge < -0.3 is 37.7 Å². The van der Waals surface area contributed by atoms with Crippen LogP contribution in [-0.2, 0) is 41.3 Å². The highest BCUT2D eigenvalue weighted by molar-refractivity contribution is 6.62. The molecule has 3 aromatic rings. The summed E-state index contributed by atoms with van der Waals surface area (Å²) in [6, 6.07) is 6.75. The summed E-state index contributed by atoms with van der Waals surface area (Å²) in [6.07, 6.45) is 2.48. The van der Waals surface area contributed by atoms with Gasteiger partial charge in [-0.1, -0.05) is 19.9 Å². The van der Waals surface area contributed by atoms with E-state index in [1.165, 1.54) is 6.92 Å². The van der Waals surface area contributed by atoms with E-state index >= 15 is 0 Å². The first-order valence-electron chi connectivity index (χ1n) is 17.2. The van der Waals surface area contributed by atoms with Gasteiger partial charge in [0.25, 0.3) is 0 Å². The molecule has 0 N–H and O–H groups in total. The normalized spacial score (nSPS) is 22.6. The fourth-order valence-electron chi connectivity index (χ4n) is 7.06. The highest BCUT2D eigenvalue weighted by atomic mass is 16.7. The van der Waals surface area contributed by atoms with Crippen molar-refractivity contribution in [1.29, 1.82) is 0 Å². The minimum atomic E-state index is -0.547. The molecule has 3 atom stereocenters. The second kappa shape index (κ2) is 12.6. The van der Waals surface area contributed by atoms with Gasteiger partial charge in [0.2, 0.25) is 0 Å². The Balaban J connectivity index is 1.60. The quantitative estimate of drug-likeness (QED) is 0.207. The Bertz CT molecular complexity index is 1680. The number of rotatable bonds is 9. The number of hydrogen-bond acceptors (Lipinski definition) is 9. The SMILES string of the molecule is CO[C@@H](C)c1ncc(N2C[C@H](C)OC[C@H]2C)cc1-c1c(CC(C)(C)COC(C)=O)c2cc(B3OC(C)(C)C(C)(C)O3)cc3c2n1CCO3. The van der Waals surface area contributed by atoms with E-state index < -0.39 is 18.3 Å². The summed E-state index contributed by atoms with van der Waals surface area (Å²) in [6.45, 7) is 23.3. The summed E-state index contributed by atoms with van der Waals surface area (Å²) < 4.78 is 39.3. The van der Waals surface area contributed by atoms with Crippen LogP contribution in [0.4, 0.5) is 5.69 Å². The minimum absolute atomic E-state index is 0.116. The van der Waals surface area contributed by atoms with Crippen LogP contribution in [0.2, 0.25) is 0 Å². The predicted molar refractivity (Wildman–Crippen MR) is 188 cm³/mol. The molecule has 3 aliphatic heterocycles. The van der Waals surface area contributed by atoms with E-state index in [2.05, 4.69) is 83.1 Å². The third-order valence-electron chi connectivity index (χ3n) is 10.5. The zero-order valence-corrected chi connectivity index (χ0v) is 30.6. The average molecular weight is 662 g/mol. The van der Waals surface area contributed by atoms with Gasteiger partial charge >= 0.3 is 13.1 Å². The predicted octanol–water partition coefficient (Wildman–Crippen LogP) is 5.85. The summed E-state index contributed by atoms with van der Waals surface area (Å²) in [5.74, 6) is 0.513. The van der Waals surface area contributed by atoms with Crippen LogP contribution in [-0.4, -0.2) is 79.5 Å². The Kier molecular flexibility index (Phi) is 9.15. The van der Waals surface area contributed by atoms with Gasteiger partial charge in [-0.3, -0.25) is 9.78 Å². The molecule has 2 aromatic heterocycles. The van der Waals surface area contributed by atoms with Crippen LogP contribution in [0, 0.1) is 5.41 Å². The topological polar surface area (TPSA) is 93.5 Å². The molecule has 0 bridgehead atoms. The van der Waals surface area contributed by atoms with Gasteiger partial charge in [0, 0.05) is 43.0 Å². The number of nitrogens with zero attached hydrogens (tertiary/aromatic N) is 3. The molecule has 5 heterocycles. The van der Waals surface area contributed by atoms with E-state index in [9.17, 15) is 4.79 Å². The van der Waals surface area contributed by atoms with Crippen molar-refractivity contribution in [3.63, 3.8) is 0 Å². The van der Waals surface area contributed by atoms with Gasteiger partial charge in [-0.05, 0) is 78.0 Å². The van der Waals surface area contributed by atoms with Gasteiger partial charge in [0.15, 0.2) is 0 Å². The van der Waals surface area contributed by atoms with E-state index in [1.54, 1.807) is 7.11 Å². The molecule has 10 nitrogen and oxygen atoms in total. The van der Waals surface area contributed by atoms with Crippen molar-refractivity contribution in [2.45, 2.75) is 112 Å².